The topological polar surface area (TPSA) is 63.2 Å². The zero-order valence-corrected chi connectivity index (χ0v) is 18.7. The maximum atomic E-state index is 12.6. The molecule has 2 fully saturated rings. The number of carbonyl (C=O) groups is 1. The molecule has 0 spiro atoms. The quantitative estimate of drug-likeness (QED) is 0.543. The number of benzene rings is 1. The van der Waals surface area contributed by atoms with Crippen LogP contribution in [-0.4, -0.2) is 41.8 Å². The lowest BCUT2D eigenvalue weighted by Crippen LogP contribution is -2.47. The van der Waals surface area contributed by atoms with Gasteiger partial charge >= 0.3 is 0 Å². The summed E-state index contributed by atoms with van der Waals surface area (Å²) in [5.41, 5.74) is 0.823. The van der Waals surface area contributed by atoms with Crippen LogP contribution in [-0.2, 0) is 34.6 Å². The van der Waals surface area contributed by atoms with E-state index in [1.807, 2.05) is 18.2 Å². The van der Waals surface area contributed by atoms with Gasteiger partial charge in [0.05, 0.1) is 18.5 Å². The van der Waals surface area contributed by atoms with Crippen LogP contribution in [0.3, 0.4) is 0 Å². The number of unbranched alkanes of at least 4 members (excludes halogenated alkanes) is 1. The molecule has 1 aromatic carbocycles. The first-order valence-corrected chi connectivity index (χ1v) is 10.6. The van der Waals surface area contributed by atoms with Gasteiger partial charge in [0.15, 0.2) is 17.7 Å². The molecule has 0 aliphatic carbocycles. The number of ketones is 1. The van der Waals surface area contributed by atoms with Crippen molar-refractivity contribution in [2.45, 2.75) is 89.6 Å². The van der Waals surface area contributed by atoms with Crippen LogP contribution in [0.1, 0.15) is 52.5 Å². The van der Waals surface area contributed by atoms with Crippen LogP contribution >= 0.6 is 23.5 Å². The van der Waals surface area contributed by atoms with Crippen LogP contribution < -0.4 is 0 Å². The van der Waals surface area contributed by atoms with Crippen molar-refractivity contribution in [3.05, 3.63) is 34.9 Å². The molecule has 0 radical (unpaired) electrons. The fraction of sp³-hybridized carbons (Fsp3) is 0.667. The van der Waals surface area contributed by atoms with E-state index >= 15 is 0 Å². The average molecular weight is 447 g/mol. The predicted molar refractivity (Wildman–Crippen MR) is 109 cm³/mol. The summed E-state index contributed by atoms with van der Waals surface area (Å²) in [7, 11) is 0. The van der Waals surface area contributed by atoms with Crippen molar-refractivity contribution in [1.82, 2.24) is 0 Å². The molecule has 2 aliphatic heterocycles. The largest absolute Gasteiger partial charge is 0.368 e. The Morgan fingerprint density at radius 3 is 2.62 bits per heavy atom. The van der Waals surface area contributed by atoms with Gasteiger partial charge in [0.1, 0.15) is 18.3 Å². The third-order valence-electron chi connectivity index (χ3n) is 5.32. The van der Waals surface area contributed by atoms with Gasteiger partial charge in [0.25, 0.3) is 5.79 Å². The lowest BCUT2D eigenvalue weighted by molar-refractivity contribution is -0.262. The summed E-state index contributed by atoms with van der Waals surface area (Å²) in [6, 6.07) is 7.42. The fourth-order valence-corrected chi connectivity index (χ4v) is 4.32. The molecular weight excluding hydrogens is 419 g/mol. The summed E-state index contributed by atoms with van der Waals surface area (Å²) < 4.78 is 29.6. The Bertz CT molecular complexity index is 727. The van der Waals surface area contributed by atoms with Gasteiger partial charge in [-0.15, -0.1) is 0 Å². The molecule has 0 aromatic heterocycles. The molecule has 162 valence electrons. The Kier molecular flexibility index (Phi) is 7.27. The van der Waals surface area contributed by atoms with Gasteiger partial charge in [0, 0.05) is 11.9 Å². The highest BCUT2D eigenvalue weighted by atomic mass is 35.5. The van der Waals surface area contributed by atoms with Gasteiger partial charge < -0.3 is 18.9 Å². The Morgan fingerprint density at radius 2 is 2.00 bits per heavy atom. The van der Waals surface area contributed by atoms with Gasteiger partial charge in [-0.05, 0) is 31.9 Å². The highest BCUT2D eigenvalue weighted by Crippen LogP contribution is 2.48. The maximum absolute atomic E-state index is 12.6. The van der Waals surface area contributed by atoms with Gasteiger partial charge in [0.2, 0.25) is 0 Å². The van der Waals surface area contributed by atoms with E-state index in [0.717, 1.165) is 18.4 Å². The zero-order valence-electron chi connectivity index (χ0n) is 17.2. The molecule has 29 heavy (non-hydrogen) atoms. The zero-order chi connectivity index (χ0) is 21.2. The van der Waals surface area contributed by atoms with E-state index in [0.29, 0.717) is 11.4 Å². The van der Waals surface area contributed by atoms with Crippen molar-refractivity contribution in [2.75, 3.05) is 0 Å². The van der Waals surface area contributed by atoms with E-state index in [9.17, 15) is 4.79 Å². The number of hydrogen-bond donors (Lipinski definition) is 0. The summed E-state index contributed by atoms with van der Waals surface area (Å²) in [4.78, 5) is 12.6. The second kappa shape index (κ2) is 9.18. The summed E-state index contributed by atoms with van der Waals surface area (Å²) in [6.07, 6.45) is 0.0170. The first-order valence-electron chi connectivity index (χ1n) is 9.93. The SMILES string of the molecule is CCCC[C@H](OCl)[C@H]1O[C@]2(C(C)=O)OC(C)(C)O[C@@H]2[C@H]1OCc1ccccc1Cl. The summed E-state index contributed by atoms with van der Waals surface area (Å²) in [5, 5.41) is 0.598. The molecule has 5 atom stereocenters. The Hall–Kier alpha value is -0.730. The number of Topliss-reactive ketones (excluding diaryl/α,β-unsaturated/α-hetero) is 1. The van der Waals surface area contributed by atoms with E-state index in [2.05, 4.69) is 6.92 Å². The number of fused-ring (bicyclic) bond motifs is 1. The number of rotatable bonds is 9. The Balaban J connectivity index is 1.90. The van der Waals surface area contributed by atoms with E-state index in [1.54, 1.807) is 19.9 Å². The fourth-order valence-electron chi connectivity index (χ4n) is 3.94. The van der Waals surface area contributed by atoms with Crippen LogP contribution in [0.2, 0.25) is 5.02 Å². The number of ether oxygens (including phenoxy) is 4. The summed E-state index contributed by atoms with van der Waals surface area (Å²) in [6.45, 7) is 7.21. The van der Waals surface area contributed by atoms with E-state index < -0.39 is 36.0 Å². The van der Waals surface area contributed by atoms with Gasteiger partial charge in [-0.25, -0.2) is 0 Å². The molecule has 0 amide bonds. The van der Waals surface area contributed by atoms with Crippen molar-refractivity contribution in [2.24, 2.45) is 0 Å². The van der Waals surface area contributed by atoms with Crippen LogP contribution in [0.5, 0.6) is 0 Å². The average Bonchev–Trinajstić information content (AvgIpc) is 3.10. The second-order valence-electron chi connectivity index (χ2n) is 7.98. The highest BCUT2D eigenvalue weighted by molar-refractivity contribution is 6.31. The lowest BCUT2D eigenvalue weighted by Gasteiger charge is -2.30. The van der Waals surface area contributed by atoms with Crippen LogP contribution in [0.15, 0.2) is 24.3 Å². The van der Waals surface area contributed by atoms with Crippen molar-refractivity contribution in [3.63, 3.8) is 0 Å². The molecule has 0 unspecified atom stereocenters. The molecule has 2 heterocycles. The smallest absolute Gasteiger partial charge is 0.261 e. The third-order valence-corrected chi connectivity index (χ3v) is 5.92. The van der Waals surface area contributed by atoms with Crippen molar-refractivity contribution in [3.8, 4) is 0 Å². The summed E-state index contributed by atoms with van der Waals surface area (Å²) >= 11 is 12.1. The summed E-state index contributed by atoms with van der Waals surface area (Å²) in [5.74, 6) is -2.83. The minimum Gasteiger partial charge on any atom is -0.368 e. The van der Waals surface area contributed by atoms with Crippen molar-refractivity contribution in [1.29, 1.82) is 0 Å². The Labute approximate surface area is 181 Å². The normalized spacial score (nSPS) is 31.6. The molecule has 3 rings (SSSR count). The van der Waals surface area contributed by atoms with Gasteiger partial charge in [-0.3, -0.25) is 9.08 Å². The predicted octanol–water partition coefficient (Wildman–Crippen LogP) is 4.79. The second-order valence-corrected chi connectivity index (χ2v) is 8.57. The van der Waals surface area contributed by atoms with Crippen molar-refractivity contribution < 1.29 is 28.0 Å². The molecule has 2 aliphatic rings. The van der Waals surface area contributed by atoms with E-state index in [4.69, 9.17) is 46.7 Å². The third kappa shape index (κ3) is 4.64. The highest BCUT2D eigenvalue weighted by Gasteiger charge is 2.69. The first kappa shape index (κ1) is 22.9. The minimum atomic E-state index is -1.56. The van der Waals surface area contributed by atoms with Crippen molar-refractivity contribution >= 4 is 29.3 Å². The maximum Gasteiger partial charge on any atom is 0.261 e. The van der Waals surface area contributed by atoms with Crippen LogP contribution in [0, 0.1) is 0 Å². The first-order chi connectivity index (χ1) is 13.7. The molecular formula is C21H28Cl2O6. The van der Waals surface area contributed by atoms with Crippen LogP contribution in [0.4, 0.5) is 0 Å². The molecule has 0 saturated carbocycles. The molecule has 0 bridgehead atoms. The molecule has 1 aromatic rings. The van der Waals surface area contributed by atoms with Gasteiger partial charge in [-0.1, -0.05) is 49.6 Å². The standard InChI is InChI=1S/C21H28Cl2O6/c1-5-6-11-16(28-23)17-18(25-12-14-9-7-8-10-15(14)22)19-21(26-17,13(2)24)29-20(3,4)27-19/h7-10,16-19H,5-6,11-12H2,1-4H3/t16-,17+,18-,19+,21+/m0/s1. The minimum absolute atomic E-state index is 0.223. The van der Waals surface area contributed by atoms with Crippen LogP contribution in [0.25, 0.3) is 0 Å². The van der Waals surface area contributed by atoms with E-state index in [-0.39, 0.29) is 12.4 Å². The Morgan fingerprint density at radius 1 is 1.28 bits per heavy atom. The molecule has 6 nitrogen and oxygen atoms in total. The number of halogens is 2. The molecule has 2 saturated heterocycles. The molecule has 8 heteroatoms. The lowest BCUT2D eigenvalue weighted by atomic mass is 9.97. The monoisotopic (exact) mass is 446 g/mol. The number of hydrogen-bond acceptors (Lipinski definition) is 6. The molecule has 0 N–H and O–H groups in total. The van der Waals surface area contributed by atoms with E-state index in [1.165, 1.54) is 6.92 Å². The number of carbonyl (C=O) groups excluding carboxylic acids is 1. The van der Waals surface area contributed by atoms with Gasteiger partial charge in [-0.2, -0.15) is 0 Å².